The van der Waals surface area contributed by atoms with Gasteiger partial charge in [-0.1, -0.05) is 30.3 Å². The Balaban J connectivity index is 1.76. The first-order valence-corrected chi connectivity index (χ1v) is 7.27. The fourth-order valence-corrected chi connectivity index (χ4v) is 2.11. The lowest BCUT2D eigenvalue weighted by Gasteiger charge is -2.11. The van der Waals surface area contributed by atoms with Crippen LogP contribution in [0.1, 0.15) is 16.7 Å². The highest BCUT2D eigenvalue weighted by molar-refractivity contribution is 5.78. The SMILES string of the molecule is Cc1cccc(OCCNC(=O)Cc2ccccc2F)c1C. The minimum atomic E-state index is -0.357. The van der Waals surface area contributed by atoms with Crippen LogP contribution in [0.4, 0.5) is 4.39 Å². The Morgan fingerprint density at radius 1 is 1.14 bits per heavy atom. The average Bonchev–Trinajstić information content (AvgIpc) is 2.50. The number of carbonyl (C=O) groups is 1. The van der Waals surface area contributed by atoms with Gasteiger partial charge in [-0.15, -0.1) is 0 Å². The quantitative estimate of drug-likeness (QED) is 0.832. The first-order valence-electron chi connectivity index (χ1n) is 7.27. The molecule has 4 heteroatoms. The number of hydrogen-bond acceptors (Lipinski definition) is 2. The third-order valence-corrected chi connectivity index (χ3v) is 3.55. The highest BCUT2D eigenvalue weighted by atomic mass is 19.1. The van der Waals surface area contributed by atoms with Crippen molar-refractivity contribution in [2.45, 2.75) is 20.3 Å². The molecule has 2 aromatic rings. The molecule has 2 aromatic carbocycles. The molecule has 0 saturated heterocycles. The van der Waals surface area contributed by atoms with Crippen LogP contribution in [-0.4, -0.2) is 19.1 Å². The van der Waals surface area contributed by atoms with Crippen molar-refractivity contribution >= 4 is 5.91 Å². The molecule has 0 heterocycles. The van der Waals surface area contributed by atoms with Crippen molar-refractivity contribution in [3.8, 4) is 5.75 Å². The van der Waals surface area contributed by atoms with E-state index in [4.69, 9.17) is 4.74 Å². The van der Waals surface area contributed by atoms with Crippen LogP contribution in [0.25, 0.3) is 0 Å². The van der Waals surface area contributed by atoms with E-state index in [9.17, 15) is 9.18 Å². The third-order valence-electron chi connectivity index (χ3n) is 3.55. The van der Waals surface area contributed by atoms with Crippen molar-refractivity contribution < 1.29 is 13.9 Å². The summed E-state index contributed by atoms with van der Waals surface area (Å²) in [7, 11) is 0. The second kappa shape index (κ2) is 7.59. The van der Waals surface area contributed by atoms with Gasteiger partial charge in [0.05, 0.1) is 13.0 Å². The van der Waals surface area contributed by atoms with Gasteiger partial charge in [-0.3, -0.25) is 4.79 Å². The van der Waals surface area contributed by atoms with E-state index >= 15 is 0 Å². The largest absolute Gasteiger partial charge is 0.491 e. The van der Waals surface area contributed by atoms with Crippen molar-refractivity contribution in [3.63, 3.8) is 0 Å². The summed E-state index contributed by atoms with van der Waals surface area (Å²) in [4.78, 5) is 11.8. The molecule has 0 aliphatic carbocycles. The molecule has 2 rings (SSSR count). The number of halogens is 1. The van der Waals surface area contributed by atoms with E-state index in [0.29, 0.717) is 18.7 Å². The van der Waals surface area contributed by atoms with Crippen LogP contribution in [-0.2, 0) is 11.2 Å². The Bertz CT molecular complexity index is 655. The second-order valence-corrected chi connectivity index (χ2v) is 5.16. The third kappa shape index (κ3) is 4.32. The summed E-state index contributed by atoms with van der Waals surface area (Å²) in [6.45, 7) is 4.80. The second-order valence-electron chi connectivity index (χ2n) is 5.16. The Kier molecular flexibility index (Phi) is 5.53. The summed E-state index contributed by atoms with van der Waals surface area (Å²) in [6, 6.07) is 12.2. The Labute approximate surface area is 130 Å². The fourth-order valence-electron chi connectivity index (χ4n) is 2.11. The topological polar surface area (TPSA) is 38.3 Å². The van der Waals surface area contributed by atoms with Crippen molar-refractivity contribution in [1.29, 1.82) is 0 Å². The standard InChI is InChI=1S/C18H20FNO2/c1-13-6-5-9-17(14(13)2)22-11-10-20-18(21)12-15-7-3-4-8-16(15)19/h3-9H,10-12H2,1-2H3,(H,20,21). The van der Waals surface area contributed by atoms with Crippen LogP contribution in [0, 0.1) is 19.7 Å². The van der Waals surface area contributed by atoms with E-state index in [1.807, 2.05) is 32.0 Å². The summed E-state index contributed by atoms with van der Waals surface area (Å²) in [5.41, 5.74) is 2.66. The number of ether oxygens (including phenoxy) is 1. The molecule has 0 aromatic heterocycles. The van der Waals surface area contributed by atoms with Crippen LogP contribution < -0.4 is 10.1 Å². The number of amides is 1. The van der Waals surface area contributed by atoms with Crippen LogP contribution in [0.15, 0.2) is 42.5 Å². The molecule has 116 valence electrons. The normalized spacial score (nSPS) is 10.3. The molecular formula is C18H20FNO2. The monoisotopic (exact) mass is 301 g/mol. The molecule has 0 spiro atoms. The van der Waals surface area contributed by atoms with Gasteiger partial charge in [-0.05, 0) is 42.7 Å². The summed E-state index contributed by atoms with van der Waals surface area (Å²) < 4.78 is 19.1. The molecular weight excluding hydrogens is 281 g/mol. The minimum absolute atomic E-state index is 0.0378. The molecule has 1 N–H and O–H groups in total. The van der Waals surface area contributed by atoms with Gasteiger partial charge in [0.2, 0.25) is 5.91 Å². The van der Waals surface area contributed by atoms with E-state index in [1.165, 1.54) is 11.6 Å². The van der Waals surface area contributed by atoms with Crippen molar-refractivity contribution in [1.82, 2.24) is 5.32 Å². The zero-order chi connectivity index (χ0) is 15.9. The van der Waals surface area contributed by atoms with Gasteiger partial charge in [0.25, 0.3) is 0 Å². The number of nitrogens with one attached hydrogen (secondary N) is 1. The molecule has 0 unspecified atom stereocenters. The number of aryl methyl sites for hydroxylation is 1. The molecule has 0 saturated carbocycles. The molecule has 0 bridgehead atoms. The maximum absolute atomic E-state index is 13.4. The van der Waals surface area contributed by atoms with Crippen molar-refractivity contribution in [3.05, 3.63) is 65.0 Å². The number of hydrogen-bond donors (Lipinski definition) is 1. The molecule has 0 fully saturated rings. The van der Waals surface area contributed by atoms with Gasteiger partial charge in [0.1, 0.15) is 18.2 Å². The smallest absolute Gasteiger partial charge is 0.224 e. The van der Waals surface area contributed by atoms with Crippen molar-refractivity contribution in [2.75, 3.05) is 13.2 Å². The van der Waals surface area contributed by atoms with Gasteiger partial charge < -0.3 is 10.1 Å². The predicted molar refractivity (Wildman–Crippen MR) is 84.5 cm³/mol. The maximum atomic E-state index is 13.4. The minimum Gasteiger partial charge on any atom is -0.491 e. The molecule has 0 atom stereocenters. The lowest BCUT2D eigenvalue weighted by Crippen LogP contribution is -2.29. The van der Waals surface area contributed by atoms with Crippen molar-refractivity contribution in [2.24, 2.45) is 0 Å². The summed E-state index contributed by atoms with van der Waals surface area (Å²) in [6.07, 6.45) is 0.0378. The molecule has 0 aliphatic heterocycles. The highest BCUT2D eigenvalue weighted by Crippen LogP contribution is 2.20. The van der Waals surface area contributed by atoms with E-state index in [0.717, 1.165) is 11.3 Å². The Morgan fingerprint density at radius 2 is 1.91 bits per heavy atom. The van der Waals surface area contributed by atoms with Crippen LogP contribution in [0.5, 0.6) is 5.75 Å². The van der Waals surface area contributed by atoms with E-state index < -0.39 is 0 Å². The Morgan fingerprint density at radius 3 is 2.68 bits per heavy atom. The predicted octanol–water partition coefficient (Wildman–Crippen LogP) is 3.18. The Hall–Kier alpha value is -2.36. The molecule has 22 heavy (non-hydrogen) atoms. The van der Waals surface area contributed by atoms with Crippen LogP contribution >= 0.6 is 0 Å². The van der Waals surface area contributed by atoms with Gasteiger partial charge in [0.15, 0.2) is 0 Å². The van der Waals surface area contributed by atoms with Gasteiger partial charge in [0, 0.05) is 0 Å². The average molecular weight is 301 g/mol. The lowest BCUT2D eigenvalue weighted by atomic mass is 10.1. The zero-order valence-corrected chi connectivity index (χ0v) is 12.9. The fraction of sp³-hybridized carbons (Fsp3) is 0.278. The van der Waals surface area contributed by atoms with E-state index in [2.05, 4.69) is 5.32 Å². The molecule has 3 nitrogen and oxygen atoms in total. The van der Waals surface area contributed by atoms with Crippen LogP contribution in [0.2, 0.25) is 0 Å². The summed E-state index contributed by atoms with van der Waals surface area (Å²) >= 11 is 0. The zero-order valence-electron chi connectivity index (χ0n) is 12.9. The summed E-state index contributed by atoms with van der Waals surface area (Å²) in [5.74, 6) is 0.252. The molecule has 1 amide bonds. The lowest BCUT2D eigenvalue weighted by molar-refractivity contribution is -0.120. The highest BCUT2D eigenvalue weighted by Gasteiger charge is 2.07. The van der Waals surface area contributed by atoms with Gasteiger partial charge in [-0.25, -0.2) is 4.39 Å². The first kappa shape index (κ1) is 16.0. The first-order chi connectivity index (χ1) is 10.6. The maximum Gasteiger partial charge on any atom is 0.224 e. The van der Waals surface area contributed by atoms with Crippen LogP contribution in [0.3, 0.4) is 0 Å². The van der Waals surface area contributed by atoms with E-state index in [-0.39, 0.29) is 18.1 Å². The number of benzene rings is 2. The van der Waals surface area contributed by atoms with Gasteiger partial charge in [-0.2, -0.15) is 0 Å². The molecule has 0 aliphatic rings. The molecule has 0 radical (unpaired) electrons. The number of rotatable bonds is 6. The van der Waals surface area contributed by atoms with Gasteiger partial charge >= 0.3 is 0 Å². The summed E-state index contributed by atoms with van der Waals surface area (Å²) in [5, 5.41) is 2.73. The van der Waals surface area contributed by atoms with E-state index in [1.54, 1.807) is 18.2 Å². The number of carbonyl (C=O) groups excluding carboxylic acids is 1.